The normalized spacial score (nSPS) is 13.4. The molecule has 2 heterocycles. The van der Waals surface area contributed by atoms with Gasteiger partial charge in [-0.2, -0.15) is 0 Å². The van der Waals surface area contributed by atoms with Gasteiger partial charge in [-0.1, -0.05) is 6.07 Å². The maximum absolute atomic E-state index is 12.9. The third-order valence-electron chi connectivity index (χ3n) is 4.52. The van der Waals surface area contributed by atoms with Gasteiger partial charge in [0.2, 0.25) is 6.79 Å². The van der Waals surface area contributed by atoms with E-state index in [0.717, 1.165) is 5.56 Å². The highest BCUT2D eigenvalue weighted by Gasteiger charge is 2.19. The number of amides is 1. The fourth-order valence-corrected chi connectivity index (χ4v) is 3.13. The summed E-state index contributed by atoms with van der Waals surface area (Å²) in [5.74, 6) is 1.53. The fraction of sp³-hybridized carbons (Fsp3) is 0.238. The third kappa shape index (κ3) is 3.38. The molecular formula is C21H19NO6. The maximum atomic E-state index is 12.9. The molecule has 0 saturated heterocycles. The standard InChI is InChI=1S/C21H19NO6/c1-3-25-14-5-6-15-16(10-20(23)28-18(15)9-14)21(24)22-12(2)13-4-7-17-19(8-13)27-11-26-17/h4-10,12H,3,11H2,1-2H3,(H,22,24). The van der Waals surface area contributed by atoms with E-state index in [1.54, 1.807) is 18.2 Å². The van der Waals surface area contributed by atoms with Crippen LogP contribution in [0.25, 0.3) is 11.0 Å². The number of fused-ring (bicyclic) bond motifs is 2. The van der Waals surface area contributed by atoms with E-state index in [4.69, 9.17) is 18.6 Å². The van der Waals surface area contributed by atoms with Crippen molar-refractivity contribution in [3.8, 4) is 17.2 Å². The van der Waals surface area contributed by atoms with Crippen molar-refractivity contribution in [3.63, 3.8) is 0 Å². The largest absolute Gasteiger partial charge is 0.494 e. The summed E-state index contributed by atoms with van der Waals surface area (Å²) in [4.78, 5) is 24.8. The van der Waals surface area contributed by atoms with E-state index in [-0.39, 0.29) is 24.3 Å². The second-order valence-corrected chi connectivity index (χ2v) is 6.38. The summed E-state index contributed by atoms with van der Waals surface area (Å²) < 4.78 is 21.4. The molecule has 144 valence electrons. The van der Waals surface area contributed by atoms with Crippen LogP contribution < -0.4 is 25.2 Å². The zero-order valence-corrected chi connectivity index (χ0v) is 15.5. The molecule has 1 N–H and O–H groups in total. The highest BCUT2D eigenvalue weighted by Crippen LogP contribution is 2.34. The minimum atomic E-state index is -0.595. The molecule has 1 aromatic heterocycles. The van der Waals surface area contributed by atoms with E-state index in [1.165, 1.54) is 6.07 Å². The average Bonchev–Trinajstić information content (AvgIpc) is 3.15. The van der Waals surface area contributed by atoms with Crippen molar-refractivity contribution >= 4 is 16.9 Å². The minimum absolute atomic E-state index is 0.190. The molecule has 0 radical (unpaired) electrons. The van der Waals surface area contributed by atoms with Crippen molar-refractivity contribution in [3.05, 3.63) is 64.0 Å². The summed E-state index contributed by atoms with van der Waals surface area (Å²) >= 11 is 0. The lowest BCUT2D eigenvalue weighted by Gasteiger charge is -2.15. The molecule has 28 heavy (non-hydrogen) atoms. The zero-order valence-electron chi connectivity index (χ0n) is 15.5. The van der Waals surface area contributed by atoms with Gasteiger partial charge in [0.25, 0.3) is 5.91 Å². The first kappa shape index (κ1) is 17.9. The molecular weight excluding hydrogens is 362 g/mol. The molecule has 0 fully saturated rings. The molecule has 1 unspecified atom stereocenters. The van der Waals surface area contributed by atoms with Gasteiger partial charge in [0.05, 0.1) is 18.2 Å². The van der Waals surface area contributed by atoms with Gasteiger partial charge >= 0.3 is 5.63 Å². The molecule has 7 nitrogen and oxygen atoms in total. The van der Waals surface area contributed by atoms with Crippen molar-refractivity contribution in [1.29, 1.82) is 0 Å². The van der Waals surface area contributed by atoms with Crippen molar-refractivity contribution in [2.75, 3.05) is 13.4 Å². The Kier molecular flexibility index (Phi) is 4.65. The molecule has 3 aromatic rings. The van der Waals surface area contributed by atoms with Gasteiger partial charge in [0, 0.05) is 17.5 Å². The van der Waals surface area contributed by atoms with Gasteiger partial charge in [-0.25, -0.2) is 4.79 Å². The Morgan fingerprint density at radius 2 is 1.96 bits per heavy atom. The first-order valence-corrected chi connectivity index (χ1v) is 8.96. The zero-order chi connectivity index (χ0) is 19.7. The van der Waals surface area contributed by atoms with Gasteiger partial charge in [0.1, 0.15) is 11.3 Å². The number of benzene rings is 2. The molecule has 0 saturated carbocycles. The molecule has 7 heteroatoms. The van der Waals surface area contributed by atoms with Crippen LogP contribution in [0, 0.1) is 0 Å². The summed E-state index contributed by atoms with van der Waals surface area (Å²) in [6.07, 6.45) is 0. The Balaban J connectivity index is 1.62. The van der Waals surface area contributed by atoms with Gasteiger partial charge in [0.15, 0.2) is 11.5 Å². The average molecular weight is 381 g/mol. The molecule has 1 amide bonds. The number of hydrogen-bond acceptors (Lipinski definition) is 6. The first-order chi connectivity index (χ1) is 13.5. The van der Waals surface area contributed by atoms with E-state index in [1.807, 2.05) is 32.0 Å². The number of nitrogens with one attached hydrogen (secondary N) is 1. The number of rotatable bonds is 5. The van der Waals surface area contributed by atoms with Crippen LogP contribution in [-0.2, 0) is 0 Å². The second kappa shape index (κ2) is 7.26. The van der Waals surface area contributed by atoms with Crippen LogP contribution in [0.15, 0.2) is 51.7 Å². The van der Waals surface area contributed by atoms with E-state index < -0.39 is 5.63 Å². The fourth-order valence-electron chi connectivity index (χ4n) is 3.13. The van der Waals surface area contributed by atoms with Crippen LogP contribution in [0.1, 0.15) is 35.8 Å². The van der Waals surface area contributed by atoms with Gasteiger partial charge in [-0.15, -0.1) is 0 Å². The van der Waals surface area contributed by atoms with E-state index in [0.29, 0.717) is 34.8 Å². The summed E-state index contributed by atoms with van der Waals surface area (Å²) in [6.45, 7) is 4.40. The van der Waals surface area contributed by atoms with Crippen LogP contribution in [-0.4, -0.2) is 19.3 Å². The van der Waals surface area contributed by atoms with Crippen molar-refractivity contribution in [1.82, 2.24) is 5.32 Å². The number of carbonyl (C=O) groups excluding carboxylic acids is 1. The number of ether oxygens (including phenoxy) is 3. The maximum Gasteiger partial charge on any atom is 0.337 e. The van der Waals surface area contributed by atoms with Crippen molar-refractivity contribution in [2.45, 2.75) is 19.9 Å². The van der Waals surface area contributed by atoms with Crippen LogP contribution >= 0.6 is 0 Å². The molecule has 2 aromatic carbocycles. The van der Waals surface area contributed by atoms with Crippen LogP contribution in [0.5, 0.6) is 17.2 Å². The Morgan fingerprint density at radius 3 is 2.79 bits per heavy atom. The van der Waals surface area contributed by atoms with E-state index in [9.17, 15) is 9.59 Å². The highest BCUT2D eigenvalue weighted by atomic mass is 16.7. The van der Waals surface area contributed by atoms with Crippen LogP contribution in [0.2, 0.25) is 0 Å². The van der Waals surface area contributed by atoms with Gasteiger partial charge in [-0.05, 0) is 43.7 Å². The predicted octanol–water partition coefficient (Wildman–Crippen LogP) is 3.41. The second-order valence-electron chi connectivity index (χ2n) is 6.38. The molecule has 0 bridgehead atoms. The van der Waals surface area contributed by atoms with Crippen molar-refractivity contribution < 1.29 is 23.4 Å². The summed E-state index contributed by atoms with van der Waals surface area (Å²) in [5, 5.41) is 3.46. The Bertz CT molecular complexity index is 1100. The Labute approximate surface area is 160 Å². The topological polar surface area (TPSA) is 87.0 Å². The Morgan fingerprint density at radius 1 is 1.14 bits per heavy atom. The first-order valence-electron chi connectivity index (χ1n) is 8.96. The molecule has 1 aliphatic rings. The molecule has 1 aliphatic heterocycles. The monoisotopic (exact) mass is 381 g/mol. The van der Waals surface area contributed by atoms with Crippen LogP contribution in [0.3, 0.4) is 0 Å². The third-order valence-corrected chi connectivity index (χ3v) is 4.52. The lowest BCUT2D eigenvalue weighted by atomic mass is 10.1. The lowest BCUT2D eigenvalue weighted by molar-refractivity contribution is 0.0940. The quantitative estimate of drug-likeness (QED) is 0.682. The van der Waals surface area contributed by atoms with Gasteiger partial charge < -0.3 is 23.9 Å². The summed E-state index contributed by atoms with van der Waals surface area (Å²) in [5.41, 5.74) is 0.826. The summed E-state index contributed by atoms with van der Waals surface area (Å²) in [7, 11) is 0. The predicted molar refractivity (Wildman–Crippen MR) is 102 cm³/mol. The SMILES string of the molecule is CCOc1ccc2c(C(=O)NC(C)c3ccc4c(c3)OCO4)cc(=O)oc2c1. The molecule has 1 atom stereocenters. The van der Waals surface area contributed by atoms with E-state index in [2.05, 4.69) is 5.32 Å². The number of hydrogen-bond donors (Lipinski definition) is 1. The highest BCUT2D eigenvalue weighted by molar-refractivity contribution is 6.05. The lowest BCUT2D eigenvalue weighted by Crippen LogP contribution is -2.27. The van der Waals surface area contributed by atoms with Gasteiger partial charge in [-0.3, -0.25) is 4.79 Å². The molecule has 0 spiro atoms. The molecule has 4 rings (SSSR count). The van der Waals surface area contributed by atoms with Crippen LogP contribution in [0.4, 0.5) is 0 Å². The smallest absolute Gasteiger partial charge is 0.337 e. The Hall–Kier alpha value is -3.48. The summed E-state index contributed by atoms with van der Waals surface area (Å²) in [6, 6.07) is 11.5. The van der Waals surface area contributed by atoms with E-state index >= 15 is 0 Å². The number of carbonyl (C=O) groups is 1. The van der Waals surface area contributed by atoms with Crippen molar-refractivity contribution in [2.24, 2.45) is 0 Å². The minimum Gasteiger partial charge on any atom is -0.494 e. The molecule has 0 aliphatic carbocycles.